The Hall–Kier alpha value is -10.4. The fourth-order valence-corrected chi connectivity index (χ4v) is 17.3. The number of ether oxygens (including phenoxy) is 1. The summed E-state index contributed by atoms with van der Waals surface area (Å²) in [6, 6.07) is 77.0. The van der Waals surface area contributed by atoms with Gasteiger partial charge in [-0.2, -0.15) is 0 Å². The van der Waals surface area contributed by atoms with Crippen molar-refractivity contribution in [2.45, 2.75) is 177 Å². The van der Waals surface area contributed by atoms with Crippen LogP contribution in [0.25, 0.3) is 65.3 Å². The summed E-state index contributed by atoms with van der Waals surface area (Å²) in [6.45, 7) is 52.2. The molecule has 0 aliphatic heterocycles. The van der Waals surface area contributed by atoms with Crippen molar-refractivity contribution in [1.29, 1.82) is 0 Å². The SMILES string of the molecule is COc1oc(-c2ccccc2)c(C)c1C.Cc1c(-c2ccccc2)sc(-c2ccccc2)c1C.Cc1c(C(C)(C)C)sc(C(C)(C)C)c1C.Cc1ccccc1-c1scc(C)c1C.Cc1coc(-c2c(C)cccc2C)c1C.Cc1coc(-c2ccccc2)c1C.Cc1oc(N(c2ccccc2)c2ccccc2)c(C)c1C. The van der Waals surface area contributed by atoms with Gasteiger partial charge in [0.25, 0.3) is 5.95 Å². The van der Waals surface area contributed by atoms with Gasteiger partial charge in [0.05, 0.1) is 19.6 Å². The van der Waals surface area contributed by atoms with Gasteiger partial charge in [-0.25, -0.2) is 0 Å². The van der Waals surface area contributed by atoms with Gasteiger partial charge in [0.2, 0.25) is 5.88 Å². The Morgan fingerprint density at radius 1 is 0.304 bits per heavy atom. The number of hydrogen-bond donors (Lipinski definition) is 0. The summed E-state index contributed by atoms with van der Waals surface area (Å²) in [5, 5.41) is 2.23. The third-order valence-corrected chi connectivity index (χ3v) is 25.8. The van der Waals surface area contributed by atoms with Gasteiger partial charge < -0.3 is 22.4 Å². The highest BCUT2D eigenvalue weighted by Gasteiger charge is 2.28. The largest absolute Gasteiger partial charge is 0.468 e. The minimum atomic E-state index is 0.281. The molecule has 0 atom stereocenters. The minimum Gasteiger partial charge on any atom is -0.468 e. The molecule has 0 saturated heterocycles. The molecule has 0 fully saturated rings. The number of anilines is 3. The van der Waals surface area contributed by atoms with Crippen molar-refractivity contribution in [3.05, 3.63) is 352 Å². The molecule has 0 N–H and O–H groups in total. The Labute approximate surface area is 681 Å². The zero-order chi connectivity index (χ0) is 81.3. The van der Waals surface area contributed by atoms with Crippen LogP contribution in [0.3, 0.4) is 0 Å². The first-order valence-corrected chi connectivity index (χ1v) is 41.1. The molecule has 7 heterocycles. The molecule has 15 rings (SSSR count). The van der Waals surface area contributed by atoms with Gasteiger partial charge in [-0.15, -0.1) is 34.0 Å². The van der Waals surface area contributed by atoms with Crippen molar-refractivity contribution in [2.24, 2.45) is 0 Å². The molecule has 0 aliphatic rings. The third kappa shape index (κ3) is 20.8. The first-order chi connectivity index (χ1) is 53.3. The summed E-state index contributed by atoms with van der Waals surface area (Å²) in [5.74, 6) is 5.36. The Kier molecular flexibility index (Phi) is 29.6. The quantitative estimate of drug-likeness (QED) is 0.136. The molecule has 0 bridgehead atoms. The van der Waals surface area contributed by atoms with Crippen LogP contribution < -0.4 is 9.64 Å². The van der Waals surface area contributed by atoms with E-state index in [0.717, 1.165) is 62.6 Å². The van der Waals surface area contributed by atoms with Crippen molar-refractivity contribution in [3.8, 4) is 71.2 Å². The van der Waals surface area contributed by atoms with Gasteiger partial charge in [0, 0.05) is 69.1 Å². The number of para-hydroxylation sites is 2. The van der Waals surface area contributed by atoms with Crippen LogP contribution >= 0.6 is 34.0 Å². The van der Waals surface area contributed by atoms with Crippen LogP contribution in [-0.2, 0) is 10.8 Å². The van der Waals surface area contributed by atoms with E-state index >= 15 is 0 Å². The Bertz CT molecular complexity index is 5320. The molecule has 112 heavy (non-hydrogen) atoms. The second-order valence-corrected chi connectivity index (χ2v) is 34.0. The number of methoxy groups -OCH3 is 1. The maximum atomic E-state index is 6.04. The van der Waals surface area contributed by atoms with Crippen molar-refractivity contribution >= 4 is 51.3 Å². The van der Waals surface area contributed by atoms with E-state index in [1.807, 2.05) is 146 Å². The van der Waals surface area contributed by atoms with E-state index in [0.29, 0.717) is 5.95 Å². The van der Waals surface area contributed by atoms with Crippen LogP contribution in [0.4, 0.5) is 17.3 Å². The molecule has 15 aromatic rings. The predicted octanol–water partition coefficient (Wildman–Crippen LogP) is 32.0. The molecule has 0 unspecified atom stereocenters. The number of furan rings is 4. The van der Waals surface area contributed by atoms with Crippen molar-refractivity contribution in [2.75, 3.05) is 12.0 Å². The van der Waals surface area contributed by atoms with E-state index < -0.39 is 0 Å². The normalized spacial score (nSPS) is 10.9. The Morgan fingerprint density at radius 3 is 1.05 bits per heavy atom. The van der Waals surface area contributed by atoms with Gasteiger partial charge >= 0.3 is 0 Å². The lowest BCUT2D eigenvalue weighted by Crippen LogP contribution is -2.10. The van der Waals surface area contributed by atoms with Crippen molar-refractivity contribution in [1.82, 2.24) is 0 Å². The van der Waals surface area contributed by atoms with E-state index in [2.05, 4.69) is 295 Å². The minimum absolute atomic E-state index is 0.281. The number of aryl methyl sites for hydroxylation is 7. The molecular formula is C103H115NO5S3. The Balaban J connectivity index is 0.000000151. The number of rotatable bonds is 10. The standard InChI is InChI=1S/C19H19NO.C18H16S.C14H16O.C14H24S.C13H14O2.C13H14S.C12H12O/c1-14-15(2)19(21-16(14)3)20(17-10-6-4-7-11-17)18-12-8-5-9-13-18;1-13-14(2)18(16-11-7-4-8-12-16)19-17(13)15-9-5-3-6-10-15;1-9-6-5-7-10(2)13(9)14-12(4)11(3)8-15-14;1-9-10(2)12(14(6,7)8)15-11(9)13(3,4)5;1-9-10(2)13(14-3)15-12(9)11-7-5-4-6-8-11;1-9-6-4-5-7-12(9)13-11(3)10(2)8-14-13;1-9-8-13-12(10(9)2)11-6-4-3-5-7-11/h4-13H,1-3H3;3-12H,1-2H3;5-8H,1-4H3;1-8H3;4-8H,1-3H3;4-8H,1-3H3;3-8H,1-2H3. The first kappa shape index (κ1) is 85.6. The van der Waals surface area contributed by atoms with Crippen molar-refractivity contribution < 1.29 is 22.4 Å². The highest BCUT2D eigenvalue weighted by Crippen LogP contribution is 2.45. The fourth-order valence-electron chi connectivity index (χ4n) is 13.4. The van der Waals surface area contributed by atoms with E-state index in [1.165, 1.54) is 120 Å². The molecule has 0 aliphatic carbocycles. The maximum absolute atomic E-state index is 6.04. The summed E-state index contributed by atoms with van der Waals surface area (Å²) in [5.41, 5.74) is 32.2. The summed E-state index contributed by atoms with van der Waals surface area (Å²) < 4.78 is 28.0. The average Bonchev–Trinajstić information content (AvgIpc) is 1.64. The summed E-state index contributed by atoms with van der Waals surface area (Å²) in [6.07, 6.45) is 3.63. The molecular weight excluding hydrogens is 1430 g/mol. The van der Waals surface area contributed by atoms with E-state index in [1.54, 1.807) is 23.1 Å². The summed E-state index contributed by atoms with van der Waals surface area (Å²) >= 11 is 5.74. The fraction of sp³-hybridized carbons (Fsp3) is 0.262. The zero-order valence-electron chi connectivity index (χ0n) is 70.8. The lowest BCUT2D eigenvalue weighted by molar-refractivity contribution is 0.306. The average molecular weight is 1540 g/mol. The highest BCUT2D eigenvalue weighted by molar-refractivity contribution is 7.19. The molecule has 0 radical (unpaired) electrons. The van der Waals surface area contributed by atoms with Crippen LogP contribution in [0.15, 0.2) is 260 Å². The van der Waals surface area contributed by atoms with Crippen molar-refractivity contribution in [3.63, 3.8) is 0 Å². The van der Waals surface area contributed by atoms with Crippen LogP contribution in [0.5, 0.6) is 5.95 Å². The predicted molar refractivity (Wildman–Crippen MR) is 484 cm³/mol. The molecule has 0 amide bonds. The van der Waals surface area contributed by atoms with Crippen LogP contribution in [0.2, 0.25) is 0 Å². The first-order valence-electron chi connectivity index (χ1n) is 38.6. The molecule has 7 aromatic heterocycles. The van der Waals surface area contributed by atoms with Gasteiger partial charge in [0.15, 0.2) is 0 Å². The monoisotopic (exact) mass is 1540 g/mol. The molecule has 0 spiro atoms. The Morgan fingerprint density at radius 2 is 0.696 bits per heavy atom. The smallest absolute Gasteiger partial charge is 0.287 e. The number of thiophene rings is 3. The number of hydrogen-bond acceptors (Lipinski definition) is 9. The summed E-state index contributed by atoms with van der Waals surface area (Å²) in [7, 11) is 1.63. The van der Waals surface area contributed by atoms with Gasteiger partial charge in [-0.3, -0.25) is 4.90 Å². The van der Waals surface area contributed by atoms with Crippen LogP contribution in [0, 0.1) is 125 Å². The van der Waals surface area contributed by atoms with Crippen LogP contribution in [-0.4, -0.2) is 7.11 Å². The molecule has 0 saturated carbocycles. The highest BCUT2D eigenvalue weighted by atomic mass is 32.1. The zero-order valence-corrected chi connectivity index (χ0v) is 73.3. The number of benzene rings is 8. The van der Waals surface area contributed by atoms with E-state index in [9.17, 15) is 0 Å². The second-order valence-electron chi connectivity index (χ2n) is 31.1. The number of nitrogens with zero attached hydrogens (tertiary/aromatic N) is 1. The third-order valence-electron chi connectivity index (χ3n) is 20.8. The lowest BCUT2D eigenvalue weighted by Gasteiger charge is -2.23. The summed E-state index contributed by atoms with van der Waals surface area (Å²) in [4.78, 5) is 9.44. The molecule has 8 aromatic carbocycles. The van der Waals surface area contributed by atoms with E-state index in [4.69, 9.17) is 22.4 Å². The lowest BCUT2D eigenvalue weighted by atomic mass is 9.87. The topological polar surface area (TPSA) is 65.0 Å². The van der Waals surface area contributed by atoms with E-state index in [-0.39, 0.29) is 10.8 Å². The van der Waals surface area contributed by atoms with Gasteiger partial charge in [0.1, 0.15) is 23.0 Å². The maximum Gasteiger partial charge on any atom is 0.287 e. The second kappa shape index (κ2) is 38.7. The molecule has 580 valence electrons. The van der Waals surface area contributed by atoms with Gasteiger partial charge in [-0.1, -0.05) is 242 Å². The van der Waals surface area contributed by atoms with Gasteiger partial charge in [-0.05, 0) is 260 Å². The van der Waals surface area contributed by atoms with Crippen LogP contribution in [0.1, 0.15) is 152 Å². The molecule has 6 nitrogen and oxygen atoms in total. The molecule has 9 heteroatoms.